The molecule has 0 saturated heterocycles. The number of benzene rings is 2. The summed E-state index contributed by atoms with van der Waals surface area (Å²) in [5.41, 5.74) is 0.327. The average molecular weight is 433 g/mol. The Morgan fingerprint density at radius 1 is 1.14 bits per heavy atom. The third-order valence-corrected chi connectivity index (χ3v) is 5.45. The van der Waals surface area contributed by atoms with Gasteiger partial charge in [-0.05, 0) is 18.6 Å². The largest absolute Gasteiger partial charge is 0.298 e. The summed E-state index contributed by atoms with van der Waals surface area (Å²) >= 11 is 7.42. The molecule has 29 heavy (non-hydrogen) atoms. The van der Waals surface area contributed by atoms with Crippen molar-refractivity contribution in [2.75, 3.05) is 5.32 Å². The lowest BCUT2D eigenvalue weighted by Gasteiger charge is -2.03. The first-order valence-electron chi connectivity index (χ1n) is 8.19. The summed E-state index contributed by atoms with van der Waals surface area (Å²) in [4.78, 5) is 38.1. The molecule has 1 amide bonds. The van der Waals surface area contributed by atoms with Crippen LogP contribution in [-0.4, -0.2) is 20.7 Å². The van der Waals surface area contributed by atoms with Crippen LogP contribution < -0.4 is 5.32 Å². The van der Waals surface area contributed by atoms with Crippen molar-refractivity contribution in [1.29, 1.82) is 0 Å². The third kappa shape index (κ3) is 4.73. The maximum Gasteiger partial charge on any atom is 0.277 e. The minimum absolute atomic E-state index is 0.202. The van der Waals surface area contributed by atoms with Gasteiger partial charge < -0.3 is 0 Å². The quantitative estimate of drug-likeness (QED) is 0.441. The first-order valence-corrected chi connectivity index (χ1v) is 9.39. The van der Waals surface area contributed by atoms with E-state index in [9.17, 15) is 25.0 Å². The van der Waals surface area contributed by atoms with Crippen molar-refractivity contribution in [2.45, 2.75) is 13.3 Å². The maximum atomic E-state index is 12.5. The summed E-state index contributed by atoms with van der Waals surface area (Å²) in [6.45, 7) is 1.79. The second-order valence-electron chi connectivity index (χ2n) is 6.00. The number of aryl methyl sites for hydroxylation is 1. The van der Waals surface area contributed by atoms with Crippen molar-refractivity contribution in [3.8, 4) is 0 Å². The van der Waals surface area contributed by atoms with Crippen LogP contribution in [0.4, 0.5) is 16.5 Å². The van der Waals surface area contributed by atoms with E-state index in [1.165, 1.54) is 11.3 Å². The second-order valence-corrected chi connectivity index (χ2v) is 7.49. The van der Waals surface area contributed by atoms with Crippen LogP contribution in [0.15, 0.2) is 42.5 Å². The van der Waals surface area contributed by atoms with Gasteiger partial charge in [-0.15, -0.1) is 11.3 Å². The van der Waals surface area contributed by atoms with Gasteiger partial charge in [-0.3, -0.25) is 30.3 Å². The number of halogens is 1. The molecule has 3 aromatic rings. The number of anilines is 1. The number of nitro benzene ring substituents is 2. The number of amides is 1. The van der Waals surface area contributed by atoms with E-state index in [0.717, 1.165) is 28.6 Å². The van der Waals surface area contributed by atoms with Crippen LogP contribution in [0, 0.1) is 27.2 Å². The van der Waals surface area contributed by atoms with E-state index in [0.29, 0.717) is 17.1 Å². The minimum Gasteiger partial charge on any atom is -0.298 e. The lowest BCUT2D eigenvalue weighted by Crippen LogP contribution is -2.12. The highest BCUT2D eigenvalue weighted by atomic mass is 35.5. The number of nitro groups is 2. The Morgan fingerprint density at radius 3 is 2.34 bits per heavy atom. The monoisotopic (exact) mass is 432 g/mol. The molecule has 1 heterocycles. The normalized spacial score (nSPS) is 10.6. The first kappa shape index (κ1) is 20.4. The fraction of sp³-hybridized carbons (Fsp3) is 0.111. The van der Waals surface area contributed by atoms with Gasteiger partial charge in [0.05, 0.1) is 27.2 Å². The smallest absolute Gasteiger partial charge is 0.277 e. The molecule has 148 valence electrons. The molecule has 0 aliphatic rings. The molecule has 0 aliphatic heterocycles. The fourth-order valence-electron chi connectivity index (χ4n) is 2.57. The van der Waals surface area contributed by atoms with E-state index in [2.05, 4.69) is 10.3 Å². The van der Waals surface area contributed by atoms with E-state index in [4.69, 9.17) is 11.6 Å². The van der Waals surface area contributed by atoms with Gasteiger partial charge in [0.1, 0.15) is 0 Å². The molecule has 1 aromatic heterocycles. The molecule has 0 fully saturated rings. The molecule has 0 saturated carbocycles. The average Bonchev–Trinajstić information content (AvgIpc) is 3.02. The SMILES string of the molecule is Cc1nc(NC(=O)c2cc([N+](=O)[O-])cc([N+](=O)[O-])c2)sc1Cc1ccccc1Cl. The summed E-state index contributed by atoms with van der Waals surface area (Å²) in [5, 5.41) is 25.4. The highest BCUT2D eigenvalue weighted by Crippen LogP contribution is 2.29. The first-order chi connectivity index (χ1) is 13.7. The van der Waals surface area contributed by atoms with Gasteiger partial charge in [-0.25, -0.2) is 4.98 Å². The van der Waals surface area contributed by atoms with Crippen LogP contribution in [0.2, 0.25) is 5.02 Å². The van der Waals surface area contributed by atoms with Gasteiger partial charge in [-0.1, -0.05) is 29.8 Å². The Balaban J connectivity index is 1.84. The molecule has 0 aliphatic carbocycles. The van der Waals surface area contributed by atoms with Gasteiger partial charge in [0.15, 0.2) is 5.13 Å². The van der Waals surface area contributed by atoms with Crippen LogP contribution in [0.5, 0.6) is 0 Å². The van der Waals surface area contributed by atoms with E-state index in [-0.39, 0.29) is 10.7 Å². The molecule has 0 radical (unpaired) electrons. The number of rotatable bonds is 6. The zero-order chi connectivity index (χ0) is 21.1. The lowest BCUT2D eigenvalue weighted by molar-refractivity contribution is -0.394. The number of carbonyl (C=O) groups excluding carboxylic acids is 1. The number of thiazole rings is 1. The number of hydrogen-bond donors (Lipinski definition) is 1. The number of carbonyl (C=O) groups is 1. The lowest BCUT2D eigenvalue weighted by atomic mass is 10.1. The van der Waals surface area contributed by atoms with Crippen LogP contribution >= 0.6 is 22.9 Å². The zero-order valence-corrected chi connectivity index (χ0v) is 16.5. The molecular formula is C18H13ClN4O5S. The third-order valence-electron chi connectivity index (χ3n) is 4.01. The van der Waals surface area contributed by atoms with Gasteiger partial charge in [0.25, 0.3) is 17.3 Å². The highest BCUT2D eigenvalue weighted by Gasteiger charge is 2.21. The summed E-state index contributed by atoms with van der Waals surface area (Å²) in [6.07, 6.45) is 0.529. The standard InChI is InChI=1S/C18H13ClN4O5S/c1-10-16(8-11-4-2-3-5-15(11)19)29-18(20-10)21-17(24)12-6-13(22(25)26)9-14(7-12)23(27)28/h2-7,9H,8H2,1H3,(H,20,21,24). The molecule has 0 atom stereocenters. The van der Waals surface area contributed by atoms with Crippen molar-refractivity contribution in [1.82, 2.24) is 4.98 Å². The van der Waals surface area contributed by atoms with Crippen molar-refractivity contribution >= 4 is 45.4 Å². The number of nitrogens with zero attached hydrogens (tertiary/aromatic N) is 3. The summed E-state index contributed by atoms with van der Waals surface area (Å²) in [6, 6.07) is 10.1. The predicted octanol–water partition coefficient (Wildman–Crippen LogP) is 4.76. The van der Waals surface area contributed by atoms with Crippen molar-refractivity contribution in [2.24, 2.45) is 0 Å². The number of hydrogen-bond acceptors (Lipinski definition) is 7. The second kappa shape index (κ2) is 8.33. The molecule has 0 unspecified atom stereocenters. The van der Waals surface area contributed by atoms with Crippen molar-refractivity contribution < 1.29 is 14.6 Å². The molecule has 0 spiro atoms. The Morgan fingerprint density at radius 2 is 1.76 bits per heavy atom. The minimum atomic E-state index is -0.793. The van der Waals surface area contributed by atoms with Gasteiger partial charge in [0.2, 0.25) is 0 Å². The fourth-order valence-corrected chi connectivity index (χ4v) is 3.75. The Bertz CT molecular complexity index is 1100. The van der Waals surface area contributed by atoms with E-state index in [1.54, 1.807) is 13.0 Å². The Hall–Kier alpha value is -3.37. The molecule has 9 nitrogen and oxygen atoms in total. The molecular weight excluding hydrogens is 420 g/mol. The van der Waals surface area contributed by atoms with Crippen molar-refractivity contribution in [3.05, 3.63) is 89.4 Å². The zero-order valence-electron chi connectivity index (χ0n) is 14.9. The Labute approximate surface area is 173 Å². The van der Waals surface area contributed by atoms with Gasteiger partial charge in [-0.2, -0.15) is 0 Å². The van der Waals surface area contributed by atoms with Crippen LogP contribution in [-0.2, 0) is 6.42 Å². The topological polar surface area (TPSA) is 128 Å². The van der Waals surface area contributed by atoms with E-state index >= 15 is 0 Å². The summed E-state index contributed by atoms with van der Waals surface area (Å²) < 4.78 is 0. The van der Waals surface area contributed by atoms with E-state index < -0.39 is 27.1 Å². The van der Waals surface area contributed by atoms with Crippen LogP contribution in [0.1, 0.15) is 26.5 Å². The number of nitrogens with one attached hydrogen (secondary N) is 1. The highest BCUT2D eigenvalue weighted by molar-refractivity contribution is 7.15. The number of non-ortho nitro benzene ring substituents is 2. The summed E-state index contributed by atoms with van der Waals surface area (Å²) in [5.74, 6) is -0.727. The maximum absolute atomic E-state index is 12.5. The Kier molecular flexibility index (Phi) is 5.85. The van der Waals surface area contributed by atoms with E-state index in [1.807, 2.05) is 18.2 Å². The molecule has 3 rings (SSSR count). The molecule has 2 aromatic carbocycles. The molecule has 11 heteroatoms. The van der Waals surface area contributed by atoms with Crippen molar-refractivity contribution in [3.63, 3.8) is 0 Å². The molecule has 0 bridgehead atoms. The summed E-state index contributed by atoms with van der Waals surface area (Å²) in [7, 11) is 0. The van der Waals surface area contributed by atoms with Crippen LogP contribution in [0.3, 0.4) is 0 Å². The van der Waals surface area contributed by atoms with Gasteiger partial charge in [0, 0.05) is 28.5 Å². The van der Waals surface area contributed by atoms with Crippen LogP contribution in [0.25, 0.3) is 0 Å². The molecule has 1 N–H and O–H groups in total. The number of aromatic nitrogens is 1. The van der Waals surface area contributed by atoms with Gasteiger partial charge >= 0.3 is 0 Å². The predicted molar refractivity (Wildman–Crippen MR) is 109 cm³/mol.